The molecule has 176 valence electrons. The third-order valence-corrected chi connectivity index (χ3v) is 6.19. The van der Waals surface area contributed by atoms with E-state index in [0.717, 1.165) is 13.0 Å². The number of aromatic hydroxyl groups is 1. The van der Waals surface area contributed by atoms with Crippen molar-refractivity contribution in [2.24, 2.45) is 0 Å². The van der Waals surface area contributed by atoms with Crippen molar-refractivity contribution >= 4 is 11.8 Å². The number of carbonyl (C=O) groups is 2. The van der Waals surface area contributed by atoms with Crippen LogP contribution in [0.4, 0.5) is 4.39 Å². The molecule has 2 atom stereocenters. The summed E-state index contributed by atoms with van der Waals surface area (Å²) in [5.74, 6) is -2.17. The van der Waals surface area contributed by atoms with Crippen molar-refractivity contribution in [3.05, 3.63) is 63.3 Å². The predicted octanol–water partition coefficient (Wildman–Crippen LogP) is 1.15. The Morgan fingerprint density at radius 3 is 2.73 bits per heavy atom. The molecule has 0 unspecified atom stereocenters. The molecule has 2 aromatic rings. The summed E-state index contributed by atoms with van der Waals surface area (Å²) in [4.78, 5) is 42.4. The van der Waals surface area contributed by atoms with Crippen LogP contribution in [0.15, 0.2) is 35.3 Å². The molecule has 0 aliphatic carbocycles. The Kier molecular flexibility index (Phi) is 6.48. The van der Waals surface area contributed by atoms with E-state index in [1.165, 1.54) is 34.9 Å². The number of ether oxygens (including phenoxy) is 1. The second-order valence-corrected chi connectivity index (χ2v) is 8.39. The van der Waals surface area contributed by atoms with Crippen molar-refractivity contribution in [3.63, 3.8) is 0 Å². The zero-order chi connectivity index (χ0) is 23.7. The largest absolute Gasteiger partial charge is 0.503 e. The molecule has 1 fully saturated rings. The number of carbonyl (C=O) groups excluding carboxylic acids is 2. The third kappa shape index (κ3) is 4.36. The van der Waals surface area contributed by atoms with Crippen LogP contribution in [-0.4, -0.2) is 70.3 Å². The minimum absolute atomic E-state index is 0.0337. The number of rotatable bonds is 6. The van der Waals surface area contributed by atoms with Gasteiger partial charge in [0, 0.05) is 32.4 Å². The minimum Gasteiger partial charge on any atom is -0.503 e. The smallest absolute Gasteiger partial charge is 0.276 e. The van der Waals surface area contributed by atoms with Crippen molar-refractivity contribution in [1.29, 1.82) is 0 Å². The van der Waals surface area contributed by atoms with Gasteiger partial charge in [-0.05, 0) is 37.6 Å². The first kappa shape index (κ1) is 22.9. The summed E-state index contributed by atoms with van der Waals surface area (Å²) < 4.78 is 19.8. The van der Waals surface area contributed by atoms with Gasteiger partial charge in [-0.25, -0.2) is 4.39 Å². The Labute approximate surface area is 190 Å². The first-order valence-corrected chi connectivity index (χ1v) is 10.9. The number of benzene rings is 1. The van der Waals surface area contributed by atoms with E-state index in [1.54, 1.807) is 17.0 Å². The molecule has 0 radical (unpaired) electrons. The van der Waals surface area contributed by atoms with Crippen LogP contribution in [-0.2, 0) is 17.8 Å². The molecule has 2 amide bonds. The van der Waals surface area contributed by atoms with Crippen molar-refractivity contribution in [2.75, 3.05) is 26.8 Å². The van der Waals surface area contributed by atoms with E-state index in [2.05, 4.69) is 5.32 Å². The Balaban J connectivity index is 1.69. The summed E-state index contributed by atoms with van der Waals surface area (Å²) in [5, 5.41) is 13.9. The van der Waals surface area contributed by atoms with Crippen molar-refractivity contribution in [3.8, 4) is 5.75 Å². The number of aromatic nitrogens is 1. The van der Waals surface area contributed by atoms with E-state index in [0.29, 0.717) is 12.1 Å². The summed E-state index contributed by atoms with van der Waals surface area (Å²) in [6.45, 7) is 3.50. The molecule has 1 aromatic heterocycles. The molecule has 2 aliphatic rings. The molecule has 2 aliphatic heterocycles. The van der Waals surface area contributed by atoms with Gasteiger partial charge in [0.1, 0.15) is 17.5 Å². The van der Waals surface area contributed by atoms with Gasteiger partial charge in [0.05, 0.1) is 13.2 Å². The fourth-order valence-electron chi connectivity index (χ4n) is 4.41. The Morgan fingerprint density at radius 2 is 2.03 bits per heavy atom. The van der Waals surface area contributed by atoms with Gasteiger partial charge in [-0.2, -0.15) is 0 Å². The zero-order valence-corrected chi connectivity index (χ0v) is 18.6. The van der Waals surface area contributed by atoms with E-state index in [1.807, 2.05) is 6.92 Å². The molecule has 10 heteroatoms. The average Bonchev–Trinajstić information content (AvgIpc) is 2.79. The molecule has 9 nitrogen and oxygen atoms in total. The molecule has 0 saturated carbocycles. The maximum Gasteiger partial charge on any atom is 0.276 e. The van der Waals surface area contributed by atoms with Crippen LogP contribution in [0.3, 0.4) is 0 Å². The lowest BCUT2D eigenvalue weighted by molar-refractivity contribution is 0.0301. The quantitative estimate of drug-likeness (QED) is 0.673. The molecule has 0 spiro atoms. The van der Waals surface area contributed by atoms with E-state index in [9.17, 15) is 23.9 Å². The molecular formula is C23H27FN4O5. The molecule has 1 saturated heterocycles. The molecule has 2 N–H and O–H groups in total. The summed E-state index contributed by atoms with van der Waals surface area (Å²) in [6, 6.07) is 5.67. The Morgan fingerprint density at radius 1 is 1.30 bits per heavy atom. The number of hydrogen-bond acceptors (Lipinski definition) is 6. The lowest BCUT2D eigenvalue weighted by Gasteiger charge is -2.45. The van der Waals surface area contributed by atoms with Gasteiger partial charge in [0.15, 0.2) is 11.4 Å². The van der Waals surface area contributed by atoms with Crippen LogP contribution < -0.4 is 10.7 Å². The van der Waals surface area contributed by atoms with Gasteiger partial charge in [-0.1, -0.05) is 12.1 Å². The lowest BCUT2D eigenvalue weighted by Crippen LogP contribution is -2.62. The minimum atomic E-state index is -0.891. The number of halogens is 1. The molecular weight excluding hydrogens is 431 g/mol. The molecule has 1 aromatic carbocycles. The monoisotopic (exact) mass is 458 g/mol. The molecule has 3 heterocycles. The van der Waals surface area contributed by atoms with Gasteiger partial charge in [0.2, 0.25) is 5.43 Å². The van der Waals surface area contributed by atoms with Gasteiger partial charge in [0.25, 0.3) is 11.8 Å². The standard InChI is InChI=1S/C23H27FN4O5/c1-14-7-8-25-18-13-27-12-17(20(29)21(30)19(27)23(32)28(14)18)22(31)26(9-10-33-2)11-15-3-5-16(24)6-4-15/h3-6,12,14,18,25,30H,7-11,13H2,1-2H3/t14-,18-/m0/s1. The second kappa shape index (κ2) is 9.32. The fraction of sp³-hybridized carbons (Fsp3) is 0.435. The van der Waals surface area contributed by atoms with Crippen LogP contribution in [0.1, 0.15) is 39.8 Å². The van der Waals surface area contributed by atoms with Crippen LogP contribution >= 0.6 is 0 Å². The van der Waals surface area contributed by atoms with Gasteiger partial charge < -0.3 is 24.2 Å². The first-order valence-electron chi connectivity index (χ1n) is 10.9. The van der Waals surface area contributed by atoms with Gasteiger partial charge in [-0.15, -0.1) is 0 Å². The second-order valence-electron chi connectivity index (χ2n) is 8.39. The number of amides is 2. The predicted molar refractivity (Wildman–Crippen MR) is 117 cm³/mol. The van der Waals surface area contributed by atoms with Crippen LogP contribution in [0, 0.1) is 5.82 Å². The highest BCUT2D eigenvalue weighted by Gasteiger charge is 2.40. The van der Waals surface area contributed by atoms with E-state index in [-0.39, 0.29) is 43.2 Å². The SMILES string of the molecule is COCCN(Cc1ccc(F)cc1)C(=O)c1cn2c(c(O)c1=O)C(=O)N1[C@@H](C)CCN[C@@H]1C2. The van der Waals surface area contributed by atoms with Crippen LogP contribution in [0.5, 0.6) is 5.75 Å². The third-order valence-electron chi connectivity index (χ3n) is 6.19. The van der Waals surface area contributed by atoms with E-state index >= 15 is 0 Å². The summed E-state index contributed by atoms with van der Waals surface area (Å²) in [6.07, 6.45) is 1.82. The van der Waals surface area contributed by atoms with Gasteiger partial charge >= 0.3 is 0 Å². The van der Waals surface area contributed by atoms with Gasteiger partial charge in [-0.3, -0.25) is 19.7 Å². The molecule has 33 heavy (non-hydrogen) atoms. The highest BCUT2D eigenvalue weighted by Crippen LogP contribution is 2.27. The van der Waals surface area contributed by atoms with Crippen molar-refractivity contribution < 1.29 is 23.8 Å². The van der Waals surface area contributed by atoms with Crippen LogP contribution in [0.25, 0.3) is 0 Å². The Bertz CT molecular complexity index is 1120. The topological polar surface area (TPSA) is 104 Å². The maximum atomic E-state index is 13.4. The van der Waals surface area contributed by atoms with Crippen molar-refractivity contribution in [1.82, 2.24) is 19.7 Å². The number of fused-ring (bicyclic) bond motifs is 2. The zero-order valence-electron chi connectivity index (χ0n) is 18.6. The average molecular weight is 458 g/mol. The summed E-state index contributed by atoms with van der Waals surface area (Å²) >= 11 is 0. The highest BCUT2D eigenvalue weighted by molar-refractivity contribution is 5.99. The molecule has 0 bridgehead atoms. The lowest BCUT2D eigenvalue weighted by atomic mass is 10.0. The maximum absolute atomic E-state index is 13.4. The Hall–Kier alpha value is -3.24. The normalized spacial score (nSPS) is 19.7. The number of pyridine rings is 1. The number of hydrogen-bond donors (Lipinski definition) is 2. The summed E-state index contributed by atoms with van der Waals surface area (Å²) in [7, 11) is 1.50. The summed E-state index contributed by atoms with van der Waals surface area (Å²) in [5.41, 5.74) is -0.559. The molecule has 4 rings (SSSR count). The first-order chi connectivity index (χ1) is 15.8. The number of nitrogens with zero attached hydrogens (tertiary/aromatic N) is 3. The van der Waals surface area contributed by atoms with Crippen molar-refractivity contribution in [2.45, 2.75) is 38.6 Å². The highest BCUT2D eigenvalue weighted by atomic mass is 19.1. The number of methoxy groups -OCH3 is 1. The fourth-order valence-corrected chi connectivity index (χ4v) is 4.41. The van der Waals surface area contributed by atoms with E-state index < -0.39 is 28.8 Å². The van der Waals surface area contributed by atoms with Crippen LogP contribution in [0.2, 0.25) is 0 Å². The van der Waals surface area contributed by atoms with E-state index in [4.69, 9.17) is 4.74 Å². The number of nitrogens with one attached hydrogen (secondary N) is 1.